The lowest BCUT2D eigenvalue weighted by atomic mass is 10.00. The quantitative estimate of drug-likeness (QED) is 0.797. The Morgan fingerprint density at radius 1 is 1.19 bits per heavy atom. The Kier molecular flexibility index (Phi) is 5.33. The summed E-state index contributed by atoms with van der Waals surface area (Å²) in [5, 5.41) is 3.46. The van der Waals surface area contributed by atoms with Crippen LogP contribution in [0.5, 0.6) is 5.75 Å². The Balaban J connectivity index is 2.51. The molecule has 0 amide bonds. The van der Waals surface area contributed by atoms with Crippen LogP contribution in [0.4, 0.5) is 0 Å². The van der Waals surface area contributed by atoms with Crippen molar-refractivity contribution in [1.82, 2.24) is 5.32 Å². The van der Waals surface area contributed by atoms with Crippen molar-refractivity contribution in [3.63, 3.8) is 0 Å². The monoisotopic (exact) mass is 221 g/mol. The summed E-state index contributed by atoms with van der Waals surface area (Å²) < 4.78 is 5.35. The molecule has 1 aromatic rings. The first-order valence-electron chi connectivity index (χ1n) is 5.98. The van der Waals surface area contributed by atoms with Crippen molar-refractivity contribution < 1.29 is 4.74 Å². The van der Waals surface area contributed by atoms with Crippen LogP contribution < -0.4 is 10.1 Å². The number of methoxy groups -OCH3 is 1. The first-order valence-corrected chi connectivity index (χ1v) is 5.98. The fraction of sp³-hybridized carbons (Fsp3) is 0.571. The molecule has 2 nitrogen and oxygen atoms in total. The Labute approximate surface area is 99.0 Å². The molecule has 0 saturated heterocycles. The highest BCUT2D eigenvalue weighted by Gasteiger charge is 2.08. The smallest absolute Gasteiger partial charge is 0.122 e. The molecule has 0 spiro atoms. The molecular formula is C14H23NO. The van der Waals surface area contributed by atoms with E-state index in [0.717, 1.165) is 18.7 Å². The van der Waals surface area contributed by atoms with Crippen LogP contribution in [0.3, 0.4) is 0 Å². The summed E-state index contributed by atoms with van der Waals surface area (Å²) in [4.78, 5) is 0. The van der Waals surface area contributed by atoms with Crippen LogP contribution in [-0.4, -0.2) is 19.7 Å². The molecule has 0 aliphatic rings. The molecule has 1 atom stereocenters. The second-order valence-corrected chi connectivity index (χ2v) is 4.68. The van der Waals surface area contributed by atoms with Gasteiger partial charge in [-0.15, -0.1) is 0 Å². The van der Waals surface area contributed by atoms with Gasteiger partial charge < -0.3 is 10.1 Å². The molecule has 0 saturated carbocycles. The minimum atomic E-state index is 0.556. The zero-order valence-corrected chi connectivity index (χ0v) is 10.8. The summed E-state index contributed by atoms with van der Waals surface area (Å²) in [5.41, 5.74) is 1.29. The third-order valence-electron chi connectivity index (χ3n) is 2.64. The highest BCUT2D eigenvalue weighted by atomic mass is 16.5. The molecule has 1 rings (SSSR count). The van der Waals surface area contributed by atoms with Crippen LogP contribution in [-0.2, 0) is 6.42 Å². The topological polar surface area (TPSA) is 21.3 Å². The van der Waals surface area contributed by atoms with Gasteiger partial charge in [-0.2, -0.15) is 0 Å². The van der Waals surface area contributed by atoms with E-state index in [4.69, 9.17) is 4.74 Å². The molecule has 0 fully saturated rings. The SMILES string of the molecule is COc1ccccc1CC(C)CNC(C)C. The molecule has 90 valence electrons. The maximum Gasteiger partial charge on any atom is 0.122 e. The molecule has 0 radical (unpaired) electrons. The molecule has 1 unspecified atom stereocenters. The highest BCUT2D eigenvalue weighted by Crippen LogP contribution is 2.20. The molecule has 0 aliphatic heterocycles. The van der Waals surface area contributed by atoms with E-state index >= 15 is 0 Å². The van der Waals surface area contributed by atoms with Crippen molar-refractivity contribution in [2.24, 2.45) is 5.92 Å². The van der Waals surface area contributed by atoms with Gasteiger partial charge in [0, 0.05) is 6.04 Å². The number of benzene rings is 1. The zero-order chi connectivity index (χ0) is 12.0. The lowest BCUT2D eigenvalue weighted by Gasteiger charge is -2.16. The maximum atomic E-state index is 5.35. The number of nitrogens with one attached hydrogen (secondary N) is 1. The van der Waals surface area contributed by atoms with Gasteiger partial charge >= 0.3 is 0 Å². The molecule has 0 aromatic heterocycles. The largest absolute Gasteiger partial charge is 0.496 e. The normalized spacial score (nSPS) is 12.8. The van der Waals surface area contributed by atoms with Gasteiger partial charge in [-0.3, -0.25) is 0 Å². The van der Waals surface area contributed by atoms with Gasteiger partial charge in [0.2, 0.25) is 0 Å². The number of para-hydroxylation sites is 1. The Bertz CT molecular complexity index is 309. The molecule has 1 N–H and O–H groups in total. The predicted molar refractivity (Wildman–Crippen MR) is 69.0 cm³/mol. The predicted octanol–water partition coefficient (Wildman–Crippen LogP) is 2.87. The zero-order valence-electron chi connectivity index (χ0n) is 10.8. The van der Waals surface area contributed by atoms with Crippen molar-refractivity contribution >= 4 is 0 Å². The van der Waals surface area contributed by atoms with E-state index in [-0.39, 0.29) is 0 Å². The van der Waals surface area contributed by atoms with Gasteiger partial charge in [0.25, 0.3) is 0 Å². The number of rotatable bonds is 6. The van der Waals surface area contributed by atoms with E-state index < -0.39 is 0 Å². The third kappa shape index (κ3) is 4.23. The fourth-order valence-electron chi connectivity index (χ4n) is 1.76. The first-order chi connectivity index (χ1) is 7.63. The number of ether oxygens (including phenoxy) is 1. The van der Waals surface area contributed by atoms with Crippen molar-refractivity contribution in [2.45, 2.75) is 33.2 Å². The third-order valence-corrected chi connectivity index (χ3v) is 2.64. The van der Waals surface area contributed by atoms with Gasteiger partial charge in [0.05, 0.1) is 7.11 Å². The van der Waals surface area contributed by atoms with Gasteiger partial charge in [0.1, 0.15) is 5.75 Å². The number of hydrogen-bond acceptors (Lipinski definition) is 2. The molecule has 1 aromatic carbocycles. The van der Waals surface area contributed by atoms with Crippen molar-refractivity contribution in [2.75, 3.05) is 13.7 Å². The van der Waals surface area contributed by atoms with E-state index in [1.165, 1.54) is 5.56 Å². The van der Waals surface area contributed by atoms with Gasteiger partial charge in [0.15, 0.2) is 0 Å². The Morgan fingerprint density at radius 2 is 1.88 bits per heavy atom. The Morgan fingerprint density at radius 3 is 2.50 bits per heavy atom. The summed E-state index contributed by atoms with van der Waals surface area (Å²) in [6.45, 7) is 7.67. The average molecular weight is 221 g/mol. The second-order valence-electron chi connectivity index (χ2n) is 4.68. The van der Waals surface area contributed by atoms with E-state index in [1.54, 1.807) is 7.11 Å². The fourth-order valence-corrected chi connectivity index (χ4v) is 1.76. The Hall–Kier alpha value is -1.02. The second kappa shape index (κ2) is 6.54. The molecule has 0 aliphatic carbocycles. The molecule has 0 bridgehead atoms. The lowest BCUT2D eigenvalue weighted by molar-refractivity contribution is 0.402. The highest BCUT2D eigenvalue weighted by molar-refractivity contribution is 5.33. The van der Waals surface area contributed by atoms with E-state index in [2.05, 4.69) is 38.2 Å². The standard InChI is InChI=1S/C14H23NO/c1-11(2)15-10-12(3)9-13-7-5-6-8-14(13)16-4/h5-8,11-12,15H,9-10H2,1-4H3. The van der Waals surface area contributed by atoms with Gasteiger partial charge in [-0.05, 0) is 30.5 Å². The van der Waals surface area contributed by atoms with Crippen LogP contribution in [0.1, 0.15) is 26.3 Å². The maximum absolute atomic E-state index is 5.35. The van der Waals surface area contributed by atoms with Crippen molar-refractivity contribution in [3.05, 3.63) is 29.8 Å². The summed E-state index contributed by atoms with van der Waals surface area (Å²) in [7, 11) is 1.73. The molecule has 0 heterocycles. The summed E-state index contributed by atoms with van der Waals surface area (Å²) in [6, 6.07) is 8.81. The van der Waals surface area contributed by atoms with Gasteiger partial charge in [-0.1, -0.05) is 39.0 Å². The minimum absolute atomic E-state index is 0.556. The summed E-state index contributed by atoms with van der Waals surface area (Å²) in [6.07, 6.45) is 1.06. The van der Waals surface area contributed by atoms with Crippen LogP contribution in [0, 0.1) is 5.92 Å². The lowest BCUT2D eigenvalue weighted by Crippen LogP contribution is -2.28. The van der Waals surface area contributed by atoms with E-state index in [0.29, 0.717) is 12.0 Å². The molecular weight excluding hydrogens is 198 g/mol. The van der Waals surface area contributed by atoms with Crippen LogP contribution in [0.2, 0.25) is 0 Å². The summed E-state index contributed by atoms with van der Waals surface area (Å²) >= 11 is 0. The summed E-state index contributed by atoms with van der Waals surface area (Å²) in [5.74, 6) is 1.62. The number of hydrogen-bond donors (Lipinski definition) is 1. The van der Waals surface area contributed by atoms with Crippen molar-refractivity contribution in [1.29, 1.82) is 0 Å². The molecule has 2 heteroatoms. The van der Waals surface area contributed by atoms with Crippen molar-refractivity contribution in [3.8, 4) is 5.75 Å². The first kappa shape index (κ1) is 13.0. The van der Waals surface area contributed by atoms with Crippen LogP contribution >= 0.6 is 0 Å². The average Bonchev–Trinajstić information content (AvgIpc) is 2.27. The molecule has 16 heavy (non-hydrogen) atoms. The van der Waals surface area contributed by atoms with Gasteiger partial charge in [-0.25, -0.2) is 0 Å². The van der Waals surface area contributed by atoms with E-state index in [1.807, 2.05) is 12.1 Å². The van der Waals surface area contributed by atoms with E-state index in [9.17, 15) is 0 Å². The van der Waals surface area contributed by atoms with Crippen LogP contribution in [0.25, 0.3) is 0 Å². The van der Waals surface area contributed by atoms with Crippen LogP contribution in [0.15, 0.2) is 24.3 Å². The minimum Gasteiger partial charge on any atom is -0.496 e.